The van der Waals surface area contributed by atoms with E-state index in [4.69, 9.17) is 4.74 Å². The Kier molecular flexibility index (Phi) is 3.43. The number of nitrogens with zero attached hydrogens (tertiary/aromatic N) is 1. The molecule has 88 valence electrons. The van der Waals surface area contributed by atoms with Crippen LogP contribution in [0.4, 0.5) is 0 Å². The Labute approximate surface area is 95.1 Å². The summed E-state index contributed by atoms with van der Waals surface area (Å²) in [6, 6.07) is 7.82. The van der Waals surface area contributed by atoms with E-state index < -0.39 is 12.2 Å². The summed E-state index contributed by atoms with van der Waals surface area (Å²) in [5.74, 6) is 0.831. The second-order valence-corrected chi connectivity index (χ2v) is 4.18. The number of hydrogen-bond donors (Lipinski definition) is 2. The number of ether oxygens (including phenoxy) is 1. The Balaban J connectivity index is 1.99. The average molecular weight is 223 g/mol. The van der Waals surface area contributed by atoms with Gasteiger partial charge in [0.25, 0.3) is 0 Å². The molecule has 1 heterocycles. The van der Waals surface area contributed by atoms with Crippen LogP contribution >= 0.6 is 0 Å². The van der Waals surface area contributed by atoms with Gasteiger partial charge in [0.1, 0.15) is 5.75 Å². The van der Waals surface area contributed by atoms with E-state index >= 15 is 0 Å². The van der Waals surface area contributed by atoms with Gasteiger partial charge >= 0.3 is 0 Å². The smallest absolute Gasteiger partial charge is 0.119 e. The van der Waals surface area contributed by atoms with Crippen molar-refractivity contribution >= 4 is 0 Å². The van der Waals surface area contributed by atoms with Crippen molar-refractivity contribution in [3.05, 3.63) is 29.8 Å². The number of aliphatic hydroxyl groups excluding tert-OH is 2. The van der Waals surface area contributed by atoms with Gasteiger partial charge in [-0.25, -0.2) is 0 Å². The summed E-state index contributed by atoms with van der Waals surface area (Å²) >= 11 is 0. The van der Waals surface area contributed by atoms with Gasteiger partial charge in [0, 0.05) is 19.6 Å². The molecule has 2 atom stereocenters. The van der Waals surface area contributed by atoms with Crippen molar-refractivity contribution in [3.63, 3.8) is 0 Å². The van der Waals surface area contributed by atoms with Crippen LogP contribution in [0.2, 0.25) is 0 Å². The molecule has 2 unspecified atom stereocenters. The van der Waals surface area contributed by atoms with Gasteiger partial charge in [-0.2, -0.15) is 0 Å². The van der Waals surface area contributed by atoms with Crippen molar-refractivity contribution in [3.8, 4) is 5.75 Å². The fraction of sp³-hybridized carbons (Fsp3) is 0.500. The number of benzene rings is 1. The van der Waals surface area contributed by atoms with Crippen molar-refractivity contribution in [1.29, 1.82) is 0 Å². The maximum Gasteiger partial charge on any atom is 0.119 e. The Hall–Kier alpha value is -1.10. The van der Waals surface area contributed by atoms with Crippen molar-refractivity contribution in [2.45, 2.75) is 18.8 Å². The molecule has 0 saturated carbocycles. The van der Waals surface area contributed by atoms with Gasteiger partial charge in [-0.15, -0.1) is 0 Å². The van der Waals surface area contributed by atoms with Crippen molar-refractivity contribution < 1.29 is 14.9 Å². The topological polar surface area (TPSA) is 52.9 Å². The van der Waals surface area contributed by atoms with Crippen molar-refractivity contribution in [1.82, 2.24) is 4.90 Å². The maximum absolute atomic E-state index is 9.43. The third kappa shape index (κ3) is 2.52. The Bertz CT molecular complexity index is 346. The molecule has 1 saturated heterocycles. The highest BCUT2D eigenvalue weighted by Crippen LogP contribution is 2.17. The SMILES string of the molecule is COc1cccc(CN2CC(O)C(O)C2)c1. The first kappa shape index (κ1) is 11.4. The highest BCUT2D eigenvalue weighted by Gasteiger charge is 2.29. The summed E-state index contributed by atoms with van der Waals surface area (Å²) in [6.45, 7) is 1.78. The van der Waals surface area contributed by atoms with Gasteiger partial charge in [0.2, 0.25) is 0 Å². The molecule has 1 fully saturated rings. The van der Waals surface area contributed by atoms with Crippen molar-refractivity contribution in [2.75, 3.05) is 20.2 Å². The molecule has 0 radical (unpaired) electrons. The second kappa shape index (κ2) is 4.82. The minimum atomic E-state index is -0.620. The lowest BCUT2D eigenvalue weighted by molar-refractivity contribution is 0.0572. The molecule has 16 heavy (non-hydrogen) atoms. The van der Waals surface area contributed by atoms with E-state index in [0.29, 0.717) is 13.1 Å². The summed E-state index contributed by atoms with van der Waals surface area (Å²) in [7, 11) is 1.64. The van der Waals surface area contributed by atoms with Gasteiger partial charge in [-0.3, -0.25) is 4.90 Å². The lowest BCUT2D eigenvalue weighted by atomic mass is 10.2. The molecule has 1 aromatic carbocycles. The van der Waals surface area contributed by atoms with Crippen LogP contribution in [-0.2, 0) is 6.54 Å². The highest BCUT2D eigenvalue weighted by atomic mass is 16.5. The first-order valence-electron chi connectivity index (χ1n) is 5.40. The Morgan fingerprint density at radius 3 is 2.62 bits per heavy atom. The van der Waals surface area contributed by atoms with Gasteiger partial charge in [-0.05, 0) is 17.7 Å². The predicted octanol–water partition coefficient (Wildman–Crippen LogP) is 0.233. The normalized spacial score (nSPS) is 25.9. The van der Waals surface area contributed by atoms with Gasteiger partial charge < -0.3 is 14.9 Å². The van der Waals surface area contributed by atoms with E-state index in [0.717, 1.165) is 17.9 Å². The molecule has 4 nitrogen and oxygen atoms in total. The number of hydrogen-bond acceptors (Lipinski definition) is 4. The van der Waals surface area contributed by atoms with E-state index in [1.165, 1.54) is 0 Å². The standard InChI is InChI=1S/C12H17NO3/c1-16-10-4-2-3-9(5-10)6-13-7-11(14)12(15)8-13/h2-5,11-12,14-15H,6-8H2,1H3. The number of rotatable bonds is 3. The minimum absolute atomic E-state index is 0.526. The quantitative estimate of drug-likeness (QED) is 0.770. The molecule has 0 spiro atoms. The van der Waals surface area contributed by atoms with Crippen LogP contribution in [-0.4, -0.2) is 47.5 Å². The molecule has 0 aliphatic carbocycles. The van der Waals surface area contributed by atoms with E-state index in [1.807, 2.05) is 29.2 Å². The summed E-state index contributed by atoms with van der Waals surface area (Å²) in [6.07, 6.45) is -1.24. The van der Waals surface area contributed by atoms with Crippen LogP contribution in [0, 0.1) is 0 Å². The minimum Gasteiger partial charge on any atom is -0.497 e. The summed E-state index contributed by atoms with van der Waals surface area (Å²) in [4.78, 5) is 2.03. The molecule has 4 heteroatoms. The van der Waals surface area contributed by atoms with E-state index in [2.05, 4.69) is 0 Å². The fourth-order valence-corrected chi connectivity index (χ4v) is 2.01. The highest BCUT2D eigenvalue weighted by molar-refractivity contribution is 5.28. The Morgan fingerprint density at radius 1 is 1.31 bits per heavy atom. The van der Waals surface area contributed by atoms with Crippen LogP contribution in [0.15, 0.2) is 24.3 Å². The number of β-amino-alcohol motifs (C(OH)–C–C–N with tert-alkyl or cyclic N) is 2. The van der Waals surface area contributed by atoms with Crippen LogP contribution in [0.5, 0.6) is 5.75 Å². The molecule has 2 rings (SSSR count). The zero-order chi connectivity index (χ0) is 11.5. The van der Waals surface area contributed by atoms with Crippen LogP contribution in [0.1, 0.15) is 5.56 Å². The van der Waals surface area contributed by atoms with E-state index in [-0.39, 0.29) is 0 Å². The predicted molar refractivity (Wildman–Crippen MR) is 60.3 cm³/mol. The largest absolute Gasteiger partial charge is 0.497 e. The van der Waals surface area contributed by atoms with Gasteiger partial charge in [0.15, 0.2) is 0 Å². The van der Waals surface area contributed by atoms with E-state index in [9.17, 15) is 10.2 Å². The third-order valence-electron chi connectivity index (χ3n) is 2.87. The number of likely N-dealkylation sites (tertiary alicyclic amines) is 1. The lowest BCUT2D eigenvalue weighted by Crippen LogP contribution is -2.22. The lowest BCUT2D eigenvalue weighted by Gasteiger charge is -2.15. The molecule has 1 aliphatic heterocycles. The zero-order valence-electron chi connectivity index (χ0n) is 9.34. The molecule has 2 N–H and O–H groups in total. The third-order valence-corrected chi connectivity index (χ3v) is 2.87. The molecule has 1 aromatic rings. The monoisotopic (exact) mass is 223 g/mol. The molecule has 0 amide bonds. The first-order chi connectivity index (χ1) is 7.69. The zero-order valence-corrected chi connectivity index (χ0v) is 9.34. The average Bonchev–Trinajstić information content (AvgIpc) is 2.58. The number of methoxy groups -OCH3 is 1. The van der Waals surface area contributed by atoms with Crippen LogP contribution < -0.4 is 4.74 Å². The van der Waals surface area contributed by atoms with E-state index in [1.54, 1.807) is 7.11 Å². The first-order valence-corrected chi connectivity index (χ1v) is 5.40. The van der Waals surface area contributed by atoms with Crippen LogP contribution in [0.3, 0.4) is 0 Å². The maximum atomic E-state index is 9.43. The molecule has 1 aliphatic rings. The fourth-order valence-electron chi connectivity index (χ4n) is 2.01. The van der Waals surface area contributed by atoms with Crippen molar-refractivity contribution in [2.24, 2.45) is 0 Å². The molecular formula is C12H17NO3. The van der Waals surface area contributed by atoms with Crippen LogP contribution in [0.25, 0.3) is 0 Å². The van der Waals surface area contributed by atoms with Gasteiger partial charge in [0.05, 0.1) is 19.3 Å². The summed E-state index contributed by atoms with van der Waals surface area (Å²) in [5, 5.41) is 18.9. The van der Waals surface area contributed by atoms with Gasteiger partial charge in [-0.1, -0.05) is 12.1 Å². The number of aliphatic hydroxyl groups is 2. The molecule has 0 bridgehead atoms. The molecular weight excluding hydrogens is 206 g/mol. The molecule has 0 aromatic heterocycles. The summed E-state index contributed by atoms with van der Waals surface area (Å²) < 4.78 is 5.14. The Morgan fingerprint density at radius 2 is 2.00 bits per heavy atom. The second-order valence-electron chi connectivity index (χ2n) is 4.18. The summed E-state index contributed by atoms with van der Waals surface area (Å²) in [5.41, 5.74) is 1.13.